The Hall–Kier alpha value is -1.89. The van der Waals surface area contributed by atoms with E-state index in [1.807, 2.05) is 0 Å². The van der Waals surface area contributed by atoms with Gasteiger partial charge in [-0.25, -0.2) is 9.78 Å². The van der Waals surface area contributed by atoms with Gasteiger partial charge < -0.3 is 4.98 Å². The molecule has 3 heterocycles. The van der Waals surface area contributed by atoms with Crippen molar-refractivity contribution in [2.24, 2.45) is 14.1 Å². The number of H-pyrrole nitrogens is 1. The molecule has 3 rings (SSSR count). The molecule has 2 aromatic rings. The molecule has 1 fully saturated rings. The Morgan fingerprint density at radius 1 is 1.23 bits per heavy atom. The predicted octanol–water partition coefficient (Wildman–Crippen LogP) is 0.725. The predicted molar refractivity (Wildman–Crippen MR) is 84.9 cm³/mol. The number of nitrogens with one attached hydrogen (secondary N) is 1. The van der Waals surface area contributed by atoms with Crippen molar-refractivity contribution in [2.45, 2.75) is 45.2 Å². The molecule has 0 aliphatic carbocycles. The molecule has 0 radical (unpaired) electrons. The minimum Gasteiger partial charge on any atom is -0.335 e. The Labute approximate surface area is 128 Å². The van der Waals surface area contributed by atoms with Crippen LogP contribution in [0.3, 0.4) is 0 Å². The summed E-state index contributed by atoms with van der Waals surface area (Å²) in [6.07, 6.45) is 4.83. The van der Waals surface area contributed by atoms with Gasteiger partial charge in [0.2, 0.25) is 0 Å². The number of rotatable bonds is 3. The van der Waals surface area contributed by atoms with Gasteiger partial charge in [-0.2, -0.15) is 0 Å². The quantitative estimate of drug-likeness (QED) is 0.907. The summed E-state index contributed by atoms with van der Waals surface area (Å²) in [5, 5.41) is 0. The topological polar surface area (TPSA) is 75.9 Å². The lowest BCUT2D eigenvalue weighted by Gasteiger charge is -2.34. The van der Waals surface area contributed by atoms with Crippen LogP contribution < -0.4 is 11.2 Å². The number of aromatic nitrogens is 4. The molecule has 1 aliphatic rings. The molecule has 1 atom stereocenters. The number of aryl methyl sites for hydroxylation is 1. The minimum absolute atomic E-state index is 0.317. The van der Waals surface area contributed by atoms with Crippen LogP contribution in [0.25, 0.3) is 11.2 Å². The summed E-state index contributed by atoms with van der Waals surface area (Å²) in [7, 11) is 3.13. The van der Waals surface area contributed by atoms with Gasteiger partial charge in [0.05, 0.1) is 6.54 Å². The van der Waals surface area contributed by atoms with E-state index >= 15 is 0 Å². The first-order valence-corrected chi connectivity index (χ1v) is 7.91. The molecule has 1 saturated heterocycles. The average Bonchev–Trinajstić information content (AvgIpc) is 2.95. The summed E-state index contributed by atoms with van der Waals surface area (Å²) in [6.45, 7) is 3.97. The van der Waals surface area contributed by atoms with Crippen LogP contribution >= 0.6 is 0 Å². The number of hydrogen-bond acceptors (Lipinski definition) is 4. The van der Waals surface area contributed by atoms with E-state index in [0.29, 0.717) is 23.8 Å². The number of fused-ring (bicyclic) bond motifs is 1. The molecule has 0 saturated carbocycles. The fraction of sp³-hybridized carbons (Fsp3) is 0.667. The number of nitrogens with zero attached hydrogens (tertiary/aromatic N) is 4. The molecule has 120 valence electrons. The van der Waals surface area contributed by atoms with Crippen molar-refractivity contribution in [2.75, 3.05) is 6.54 Å². The molecule has 22 heavy (non-hydrogen) atoms. The summed E-state index contributed by atoms with van der Waals surface area (Å²) in [4.78, 5) is 34.2. The van der Waals surface area contributed by atoms with E-state index < -0.39 is 0 Å². The summed E-state index contributed by atoms with van der Waals surface area (Å²) < 4.78 is 2.53. The summed E-state index contributed by atoms with van der Waals surface area (Å²) >= 11 is 0. The largest absolute Gasteiger partial charge is 0.335 e. The fourth-order valence-corrected chi connectivity index (χ4v) is 3.37. The SMILES string of the molecule is CCC1CCCCN1Cc1nc2c([nH]1)c(=O)n(C)c(=O)n2C. The Morgan fingerprint density at radius 2 is 2.00 bits per heavy atom. The highest BCUT2D eigenvalue weighted by Gasteiger charge is 2.22. The van der Waals surface area contributed by atoms with Gasteiger partial charge in [-0.1, -0.05) is 13.3 Å². The Bertz CT molecular complexity index is 801. The van der Waals surface area contributed by atoms with Crippen molar-refractivity contribution in [3.05, 3.63) is 26.7 Å². The summed E-state index contributed by atoms with van der Waals surface area (Å²) in [6, 6.07) is 0.577. The summed E-state index contributed by atoms with van der Waals surface area (Å²) in [5.41, 5.74) is 0.181. The Morgan fingerprint density at radius 3 is 2.73 bits per heavy atom. The fourth-order valence-electron chi connectivity index (χ4n) is 3.37. The molecule has 2 aromatic heterocycles. The van der Waals surface area contributed by atoms with Crippen LogP contribution in [-0.4, -0.2) is 36.6 Å². The van der Waals surface area contributed by atoms with E-state index in [1.54, 1.807) is 7.05 Å². The van der Waals surface area contributed by atoms with Crippen LogP contribution in [0.5, 0.6) is 0 Å². The molecule has 1 N–H and O–H groups in total. The smallest absolute Gasteiger partial charge is 0.332 e. The van der Waals surface area contributed by atoms with Crippen molar-refractivity contribution in [1.29, 1.82) is 0 Å². The van der Waals surface area contributed by atoms with Crippen LogP contribution in [0.2, 0.25) is 0 Å². The molecular weight excluding hydrogens is 282 g/mol. The minimum atomic E-state index is -0.347. The van der Waals surface area contributed by atoms with E-state index in [4.69, 9.17) is 0 Å². The van der Waals surface area contributed by atoms with Gasteiger partial charge in [0.15, 0.2) is 5.65 Å². The third-order valence-corrected chi connectivity index (χ3v) is 4.72. The van der Waals surface area contributed by atoms with Crippen LogP contribution in [-0.2, 0) is 20.6 Å². The van der Waals surface area contributed by atoms with Crippen LogP contribution in [0, 0.1) is 0 Å². The average molecular weight is 305 g/mol. The van der Waals surface area contributed by atoms with Crippen molar-refractivity contribution in [3.63, 3.8) is 0 Å². The standard InChI is InChI=1S/C15H23N5O2/c1-4-10-7-5-6-8-20(10)9-11-16-12-13(17-11)18(2)15(22)19(3)14(12)21/h10H,4-9H2,1-3H3,(H,16,17). The van der Waals surface area contributed by atoms with Gasteiger partial charge in [-0.3, -0.25) is 18.8 Å². The zero-order valence-corrected chi connectivity index (χ0v) is 13.4. The van der Waals surface area contributed by atoms with Crippen molar-refractivity contribution < 1.29 is 0 Å². The maximum Gasteiger partial charge on any atom is 0.332 e. The first kappa shape index (κ1) is 15.0. The molecule has 0 amide bonds. The second-order valence-corrected chi connectivity index (χ2v) is 6.12. The van der Waals surface area contributed by atoms with Crippen molar-refractivity contribution in [1.82, 2.24) is 24.0 Å². The van der Waals surface area contributed by atoms with E-state index in [-0.39, 0.29) is 11.2 Å². The van der Waals surface area contributed by atoms with E-state index in [2.05, 4.69) is 21.8 Å². The van der Waals surface area contributed by atoms with Crippen LogP contribution in [0.15, 0.2) is 9.59 Å². The summed E-state index contributed by atoms with van der Waals surface area (Å²) in [5.74, 6) is 0.758. The molecule has 1 aliphatic heterocycles. The van der Waals surface area contributed by atoms with Crippen molar-refractivity contribution >= 4 is 11.2 Å². The molecule has 0 spiro atoms. The number of piperidine rings is 1. The molecule has 0 aromatic carbocycles. The number of likely N-dealkylation sites (tertiary alicyclic amines) is 1. The van der Waals surface area contributed by atoms with Gasteiger partial charge in [-0.05, 0) is 25.8 Å². The van der Waals surface area contributed by atoms with Gasteiger partial charge in [0, 0.05) is 20.1 Å². The third kappa shape index (κ3) is 2.39. The van der Waals surface area contributed by atoms with Crippen LogP contribution in [0.1, 0.15) is 38.4 Å². The second-order valence-electron chi connectivity index (χ2n) is 6.12. The number of aromatic amines is 1. The Kier molecular flexibility index (Phi) is 3.90. The molecular formula is C15H23N5O2. The number of hydrogen-bond donors (Lipinski definition) is 1. The first-order chi connectivity index (χ1) is 10.5. The lowest BCUT2D eigenvalue weighted by atomic mass is 10.0. The van der Waals surface area contributed by atoms with Gasteiger partial charge in [0.25, 0.3) is 5.56 Å². The van der Waals surface area contributed by atoms with Crippen LogP contribution in [0.4, 0.5) is 0 Å². The first-order valence-electron chi connectivity index (χ1n) is 7.91. The van der Waals surface area contributed by atoms with Gasteiger partial charge in [0.1, 0.15) is 11.3 Å². The lowest BCUT2D eigenvalue weighted by Crippen LogP contribution is -2.38. The van der Waals surface area contributed by atoms with Gasteiger partial charge >= 0.3 is 5.69 Å². The maximum absolute atomic E-state index is 12.2. The molecule has 0 bridgehead atoms. The zero-order valence-electron chi connectivity index (χ0n) is 13.4. The zero-order chi connectivity index (χ0) is 15.9. The molecule has 1 unspecified atom stereocenters. The monoisotopic (exact) mass is 305 g/mol. The van der Waals surface area contributed by atoms with Crippen molar-refractivity contribution in [3.8, 4) is 0 Å². The molecule has 7 nitrogen and oxygen atoms in total. The highest BCUT2D eigenvalue weighted by Crippen LogP contribution is 2.21. The highest BCUT2D eigenvalue weighted by molar-refractivity contribution is 5.69. The lowest BCUT2D eigenvalue weighted by molar-refractivity contribution is 0.133. The van der Waals surface area contributed by atoms with E-state index in [1.165, 1.54) is 30.9 Å². The number of imidazole rings is 1. The highest BCUT2D eigenvalue weighted by atomic mass is 16.2. The maximum atomic E-state index is 12.2. The van der Waals surface area contributed by atoms with E-state index in [9.17, 15) is 9.59 Å². The molecule has 7 heteroatoms. The Balaban J connectivity index is 1.99. The van der Waals surface area contributed by atoms with Gasteiger partial charge in [-0.15, -0.1) is 0 Å². The third-order valence-electron chi connectivity index (χ3n) is 4.72. The van der Waals surface area contributed by atoms with E-state index in [0.717, 1.165) is 23.4 Å². The normalized spacial score (nSPS) is 19.9. The second kappa shape index (κ2) is 5.72.